The van der Waals surface area contributed by atoms with Crippen molar-refractivity contribution in [3.8, 4) is 5.75 Å². The molecule has 0 aromatic heterocycles. The molecule has 0 aliphatic carbocycles. The van der Waals surface area contributed by atoms with Gasteiger partial charge in [-0.2, -0.15) is 0 Å². The zero-order chi connectivity index (χ0) is 15.4. The summed E-state index contributed by atoms with van der Waals surface area (Å²) in [6.45, 7) is 0.364. The molecule has 2 rings (SSSR count). The normalized spacial score (nSPS) is 10.2. The molecular weight excluding hydrogens is 341 g/mol. The van der Waals surface area contributed by atoms with Gasteiger partial charge in [0.2, 0.25) is 0 Å². The van der Waals surface area contributed by atoms with Crippen molar-refractivity contribution in [3.05, 3.63) is 57.8 Å². The Kier molecular flexibility index (Phi) is 4.80. The van der Waals surface area contributed by atoms with Crippen LogP contribution in [-0.4, -0.2) is 18.2 Å². The van der Waals surface area contributed by atoms with Crippen LogP contribution in [0, 0.1) is 5.82 Å². The van der Waals surface area contributed by atoms with E-state index in [0.717, 1.165) is 10.2 Å². The van der Waals surface area contributed by atoms with E-state index >= 15 is 0 Å². The molecule has 0 saturated carbocycles. The summed E-state index contributed by atoms with van der Waals surface area (Å²) < 4.78 is 19.6. The zero-order valence-electron chi connectivity index (χ0n) is 11.2. The summed E-state index contributed by atoms with van der Waals surface area (Å²) in [5.74, 6) is -1.32. The maximum Gasteiger partial charge on any atom is 0.338 e. The molecule has 0 aliphatic heterocycles. The van der Waals surface area contributed by atoms with E-state index in [0.29, 0.717) is 17.9 Å². The Bertz CT molecular complexity index is 676. The summed E-state index contributed by atoms with van der Waals surface area (Å²) in [4.78, 5) is 10.8. The van der Waals surface area contributed by atoms with Crippen molar-refractivity contribution in [2.45, 2.75) is 6.54 Å². The number of halogens is 2. The number of carboxylic acids is 1. The van der Waals surface area contributed by atoms with Crippen molar-refractivity contribution in [2.24, 2.45) is 0 Å². The lowest BCUT2D eigenvalue weighted by Crippen LogP contribution is -2.04. The molecule has 0 fully saturated rings. The van der Waals surface area contributed by atoms with E-state index in [2.05, 4.69) is 21.2 Å². The molecule has 0 heterocycles. The standard InChI is InChI=1S/C15H13BrFNO3/c1-21-10-3-5-12(16)14(7-10)18-8-9-2-4-11(15(19)20)13(17)6-9/h2-7,18H,8H2,1H3,(H,19,20). The Labute approximate surface area is 129 Å². The highest BCUT2D eigenvalue weighted by Gasteiger charge is 2.10. The van der Waals surface area contributed by atoms with E-state index in [4.69, 9.17) is 9.84 Å². The molecule has 0 saturated heterocycles. The number of carboxylic acid groups (broad SMARTS) is 1. The number of anilines is 1. The lowest BCUT2D eigenvalue weighted by molar-refractivity contribution is 0.0692. The van der Waals surface area contributed by atoms with Crippen LogP contribution < -0.4 is 10.1 Å². The maximum atomic E-state index is 13.6. The summed E-state index contributed by atoms with van der Waals surface area (Å²) in [6, 6.07) is 9.52. The summed E-state index contributed by atoms with van der Waals surface area (Å²) in [5, 5.41) is 11.9. The Morgan fingerprint density at radius 3 is 2.71 bits per heavy atom. The van der Waals surface area contributed by atoms with Crippen molar-refractivity contribution in [1.82, 2.24) is 0 Å². The number of methoxy groups -OCH3 is 1. The Morgan fingerprint density at radius 2 is 2.10 bits per heavy atom. The topological polar surface area (TPSA) is 58.6 Å². The Hall–Kier alpha value is -2.08. The third-order valence-corrected chi connectivity index (χ3v) is 3.61. The number of carbonyl (C=O) groups is 1. The molecule has 0 radical (unpaired) electrons. The number of rotatable bonds is 5. The first-order valence-electron chi connectivity index (χ1n) is 6.10. The Balaban J connectivity index is 2.13. The summed E-state index contributed by atoms with van der Waals surface area (Å²) in [7, 11) is 1.58. The van der Waals surface area contributed by atoms with Gasteiger partial charge in [0.25, 0.3) is 0 Å². The van der Waals surface area contributed by atoms with Crippen LogP contribution in [0.3, 0.4) is 0 Å². The number of ether oxygens (including phenoxy) is 1. The van der Waals surface area contributed by atoms with Crippen LogP contribution in [0.25, 0.3) is 0 Å². The second-order valence-corrected chi connectivity index (χ2v) is 5.17. The van der Waals surface area contributed by atoms with Crippen LogP contribution in [0.4, 0.5) is 10.1 Å². The van der Waals surface area contributed by atoms with E-state index in [1.54, 1.807) is 13.2 Å². The average Bonchev–Trinajstić information content (AvgIpc) is 2.46. The fourth-order valence-corrected chi connectivity index (χ4v) is 2.19. The first kappa shape index (κ1) is 15.3. The highest BCUT2D eigenvalue weighted by molar-refractivity contribution is 9.10. The molecule has 2 N–H and O–H groups in total. The average molecular weight is 354 g/mol. The summed E-state index contributed by atoms with van der Waals surface area (Å²) in [6.07, 6.45) is 0. The predicted molar refractivity (Wildman–Crippen MR) is 81.4 cm³/mol. The van der Waals surface area contributed by atoms with E-state index in [1.807, 2.05) is 18.2 Å². The molecule has 0 bridgehead atoms. The van der Waals surface area contributed by atoms with E-state index in [1.165, 1.54) is 12.1 Å². The first-order valence-corrected chi connectivity index (χ1v) is 6.89. The summed E-state index contributed by atoms with van der Waals surface area (Å²) in [5.41, 5.74) is 1.12. The van der Waals surface area contributed by atoms with E-state index in [9.17, 15) is 9.18 Å². The lowest BCUT2D eigenvalue weighted by Gasteiger charge is -2.11. The van der Waals surface area contributed by atoms with Crippen LogP contribution in [0.2, 0.25) is 0 Å². The first-order chi connectivity index (χ1) is 10.0. The molecule has 2 aromatic rings. The number of aromatic carboxylic acids is 1. The van der Waals surface area contributed by atoms with Crippen molar-refractivity contribution in [2.75, 3.05) is 12.4 Å². The molecule has 0 aliphatic rings. The van der Waals surface area contributed by atoms with Gasteiger partial charge in [-0.1, -0.05) is 6.07 Å². The van der Waals surface area contributed by atoms with E-state index in [-0.39, 0.29) is 5.56 Å². The quantitative estimate of drug-likeness (QED) is 0.855. The number of hydrogen-bond acceptors (Lipinski definition) is 3. The minimum Gasteiger partial charge on any atom is -0.497 e. The molecule has 0 amide bonds. The number of nitrogens with one attached hydrogen (secondary N) is 1. The number of hydrogen-bond donors (Lipinski definition) is 2. The highest BCUT2D eigenvalue weighted by Crippen LogP contribution is 2.27. The van der Waals surface area contributed by atoms with Crippen molar-refractivity contribution in [3.63, 3.8) is 0 Å². The van der Waals surface area contributed by atoms with Gasteiger partial charge < -0.3 is 15.2 Å². The van der Waals surface area contributed by atoms with Crippen molar-refractivity contribution in [1.29, 1.82) is 0 Å². The minimum absolute atomic E-state index is 0.332. The SMILES string of the molecule is COc1ccc(Br)c(NCc2ccc(C(=O)O)c(F)c2)c1. The van der Waals surface area contributed by atoms with Crippen LogP contribution in [0.5, 0.6) is 5.75 Å². The molecule has 21 heavy (non-hydrogen) atoms. The maximum absolute atomic E-state index is 13.6. The van der Waals surface area contributed by atoms with Gasteiger partial charge in [-0.05, 0) is 45.8 Å². The van der Waals surface area contributed by atoms with Gasteiger partial charge in [0.05, 0.1) is 18.4 Å². The van der Waals surface area contributed by atoms with Crippen LogP contribution in [0.15, 0.2) is 40.9 Å². The molecule has 0 atom stereocenters. The van der Waals surface area contributed by atoms with E-state index < -0.39 is 11.8 Å². The van der Waals surface area contributed by atoms with Gasteiger partial charge in [-0.25, -0.2) is 9.18 Å². The third-order valence-electron chi connectivity index (χ3n) is 2.92. The fourth-order valence-electron chi connectivity index (χ4n) is 1.81. The van der Waals surface area contributed by atoms with Crippen LogP contribution in [-0.2, 0) is 6.54 Å². The molecular formula is C15H13BrFNO3. The van der Waals surface area contributed by atoms with Crippen molar-refractivity contribution >= 4 is 27.6 Å². The van der Waals surface area contributed by atoms with Gasteiger partial charge in [-0.15, -0.1) is 0 Å². The molecule has 0 spiro atoms. The molecule has 6 heteroatoms. The lowest BCUT2D eigenvalue weighted by atomic mass is 10.1. The minimum atomic E-state index is -1.28. The number of benzene rings is 2. The molecule has 2 aromatic carbocycles. The molecule has 4 nitrogen and oxygen atoms in total. The second-order valence-electron chi connectivity index (χ2n) is 4.32. The second kappa shape index (κ2) is 6.58. The smallest absolute Gasteiger partial charge is 0.338 e. The van der Waals surface area contributed by atoms with Gasteiger partial charge in [-0.3, -0.25) is 0 Å². The highest BCUT2D eigenvalue weighted by atomic mass is 79.9. The third kappa shape index (κ3) is 3.72. The Morgan fingerprint density at radius 1 is 1.33 bits per heavy atom. The largest absolute Gasteiger partial charge is 0.497 e. The zero-order valence-corrected chi connectivity index (χ0v) is 12.8. The molecule has 0 unspecified atom stereocenters. The fraction of sp³-hybridized carbons (Fsp3) is 0.133. The van der Waals surface area contributed by atoms with Gasteiger partial charge in [0.15, 0.2) is 0 Å². The summed E-state index contributed by atoms with van der Waals surface area (Å²) >= 11 is 3.41. The molecule has 110 valence electrons. The van der Waals surface area contributed by atoms with Crippen molar-refractivity contribution < 1.29 is 19.0 Å². The monoisotopic (exact) mass is 353 g/mol. The van der Waals surface area contributed by atoms with Gasteiger partial charge in [0, 0.05) is 17.1 Å². The van der Waals surface area contributed by atoms with Gasteiger partial charge in [0.1, 0.15) is 11.6 Å². The predicted octanol–water partition coefficient (Wildman–Crippen LogP) is 3.91. The van der Waals surface area contributed by atoms with Crippen LogP contribution in [0.1, 0.15) is 15.9 Å². The van der Waals surface area contributed by atoms with Crippen LogP contribution >= 0.6 is 15.9 Å². The van der Waals surface area contributed by atoms with Gasteiger partial charge >= 0.3 is 5.97 Å².